The molecule has 2 fully saturated rings. The van der Waals surface area contributed by atoms with Gasteiger partial charge in [0.25, 0.3) is 0 Å². The van der Waals surface area contributed by atoms with E-state index in [9.17, 15) is 9.59 Å². The molecule has 146 valence electrons. The molecule has 2 aromatic rings. The fraction of sp³-hybridized carbons (Fsp3) is 0.364. The van der Waals surface area contributed by atoms with Crippen LogP contribution in [0.2, 0.25) is 6.85 Å². The van der Waals surface area contributed by atoms with E-state index in [-0.39, 0.29) is 0 Å². The average Bonchev–Trinajstić information content (AvgIpc) is 2.75. The van der Waals surface area contributed by atoms with Gasteiger partial charge in [-0.2, -0.15) is 0 Å². The molecule has 4 atom stereocenters. The molecule has 2 aliphatic heterocycles. The summed E-state index contributed by atoms with van der Waals surface area (Å²) in [5.74, 6) is -1.76. The Hall–Kier alpha value is -0.790. The van der Waals surface area contributed by atoms with Crippen molar-refractivity contribution in [2.24, 2.45) is 0 Å². The third kappa shape index (κ3) is 8.46. The van der Waals surface area contributed by atoms with E-state index in [1.54, 1.807) is 60.7 Å². The predicted octanol–water partition coefficient (Wildman–Crippen LogP) is 4.77. The summed E-state index contributed by atoms with van der Waals surface area (Å²) in [6.07, 6.45) is 7.25. The van der Waals surface area contributed by atoms with E-state index in [1.165, 1.54) is 25.7 Å². The van der Waals surface area contributed by atoms with E-state index in [4.69, 9.17) is 14.9 Å². The summed E-state index contributed by atoms with van der Waals surface area (Å²) >= 11 is 1.91. The fourth-order valence-electron chi connectivity index (χ4n) is 3.34. The van der Waals surface area contributed by atoms with Crippen molar-refractivity contribution in [1.82, 2.24) is 0 Å². The summed E-state index contributed by atoms with van der Waals surface area (Å²) in [6.45, 7) is 0. The van der Waals surface area contributed by atoms with Gasteiger partial charge in [-0.3, -0.25) is 0 Å². The molecule has 4 rings (SSSR count). The van der Waals surface area contributed by atoms with Crippen LogP contribution in [0.4, 0.5) is 0 Å². The van der Waals surface area contributed by atoms with Crippen molar-refractivity contribution in [3.8, 4) is 0 Å². The second-order valence-corrected chi connectivity index (χ2v) is 15.4. The minimum absolute atomic E-state index is 0.331. The van der Waals surface area contributed by atoms with Crippen LogP contribution in [-0.4, -0.2) is 34.4 Å². The number of carbonyl (C=O) groups is 2. The molecule has 2 bridgehead atoms. The van der Waals surface area contributed by atoms with Crippen molar-refractivity contribution in [2.75, 3.05) is 0 Å². The molecule has 5 nitrogen and oxygen atoms in total. The monoisotopic (exact) mass is 772 g/mol. The van der Waals surface area contributed by atoms with Crippen LogP contribution in [0.25, 0.3) is 0 Å². The normalized spacial score (nSPS) is 24.8. The molecule has 2 aromatic carbocycles. The van der Waals surface area contributed by atoms with Crippen molar-refractivity contribution in [1.29, 1.82) is 0 Å². The first-order chi connectivity index (χ1) is 13.9. The number of rotatable bonds is 2. The van der Waals surface area contributed by atoms with Gasteiger partial charge in [0.1, 0.15) is 0 Å². The van der Waals surface area contributed by atoms with E-state index < -0.39 is 11.9 Å². The zero-order chi connectivity index (χ0) is 21.2. The number of benzene rings is 2. The number of ether oxygens (including phenoxy) is 1. The van der Waals surface area contributed by atoms with Crippen LogP contribution in [-0.2, 0) is 57.0 Å². The Balaban J connectivity index is 0.000000157. The summed E-state index contributed by atoms with van der Waals surface area (Å²) in [7, 11) is 0. The minimum atomic E-state index is -0.879. The summed E-state index contributed by atoms with van der Waals surface area (Å²) in [5, 5.41) is 16.8. The zero-order valence-electron chi connectivity index (χ0n) is 16.4. The van der Waals surface area contributed by atoms with Crippen LogP contribution in [0.1, 0.15) is 46.4 Å². The van der Waals surface area contributed by atoms with E-state index in [0.29, 0.717) is 11.1 Å². The zero-order valence-corrected chi connectivity index (χ0v) is 27.4. The van der Waals surface area contributed by atoms with Gasteiger partial charge in [-0.25, -0.2) is 9.59 Å². The summed E-state index contributed by atoms with van der Waals surface area (Å²) in [4.78, 5) is 20.4. The standard InChI is InChI=1S/C8H12O.2C7H6O2.2Hg/c1-3-7-5-2-6-8(4-1)9-7;2*8-7(9)6-4-2-1-3-5-6;;/h3,6-8H,1-2,4-5H2;2*1-5H,(H,8,9);;. The van der Waals surface area contributed by atoms with Gasteiger partial charge < -0.3 is 10.2 Å². The van der Waals surface area contributed by atoms with Gasteiger partial charge in [-0.15, -0.1) is 0 Å². The Morgan fingerprint density at radius 2 is 1.03 bits per heavy atom. The molecule has 29 heavy (non-hydrogen) atoms. The van der Waals surface area contributed by atoms with Gasteiger partial charge in [-0.1, -0.05) is 36.4 Å². The Morgan fingerprint density at radius 1 is 0.690 bits per heavy atom. The first-order valence-corrected chi connectivity index (χ1v) is 16.1. The van der Waals surface area contributed by atoms with E-state index in [1.807, 2.05) is 0 Å². The predicted molar refractivity (Wildman–Crippen MR) is 101 cm³/mol. The second kappa shape index (κ2) is 12.8. The topological polar surface area (TPSA) is 83.8 Å². The van der Waals surface area contributed by atoms with Crippen LogP contribution in [0, 0.1) is 0 Å². The number of carboxylic acid groups (broad SMARTS) is 2. The number of fused-ring (bicyclic) bond motifs is 2. The molecule has 0 aliphatic carbocycles. The van der Waals surface area contributed by atoms with Crippen molar-refractivity contribution in [2.45, 2.75) is 44.7 Å². The first kappa shape index (κ1) is 24.5. The molecule has 0 saturated carbocycles. The molecule has 2 N–H and O–H groups in total. The van der Waals surface area contributed by atoms with Crippen molar-refractivity contribution in [3.05, 3.63) is 71.8 Å². The van der Waals surface area contributed by atoms with Crippen LogP contribution in [0.15, 0.2) is 60.7 Å². The fourth-order valence-corrected chi connectivity index (χ4v) is 7.87. The molecule has 2 heterocycles. The number of carboxylic acids is 2. The average molecular weight is 770 g/mol. The van der Waals surface area contributed by atoms with Crippen molar-refractivity contribution >= 4 is 11.9 Å². The first-order valence-electron chi connectivity index (χ1n) is 9.76. The van der Waals surface area contributed by atoms with E-state index in [2.05, 4.69) is 0 Å². The molecule has 0 spiro atoms. The van der Waals surface area contributed by atoms with Crippen molar-refractivity contribution < 1.29 is 76.8 Å². The SMILES string of the molecule is O=C(O)c1ccccc1.O=C(O)c1ccccc1.[Hg][CH]1CCC2OC1CC[CH]2[Hg]. The molecule has 0 amide bonds. The van der Waals surface area contributed by atoms with Crippen molar-refractivity contribution in [3.63, 3.8) is 0 Å². The number of aromatic carboxylic acids is 2. The van der Waals surface area contributed by atoms with Crippen LogP contribution in [0.5, 0.6) is 0 Å². The van der Waals surface area contributed by atoms with E-state index >= 15 is 0 Å². The molecule has 2 saturated heterocycles. The quantitative estimate of drug-likeness (QED) is 0.431. The Labute approximate surface area is 203 Å². The van der Waals surface area contributed by atoms with Crippen LogP contribution < -0.4 is 0 Å². The second-order valence-electron chi connectivity index (χ2n) is 7.23. The van der Waals surface area contributed by atoms with Crippen LogP contribution >= 0.6 is 0 Å². The summed E-state index contributed by atoms with van der Waals surface area (Å²) in [5.41, 5.74) is 0.662. The molecule has 2 aliphatic rings. The van der Waals surface area contributed by atoms with Gasteiger partial charge in [0, 0.05) is 0 Å². The molecular weight excluding hydrogens is 745 g/mol. The van der Waals surface area contributed by atoms with E-state index in [0.717, 1.165) is 71.3 Å². The molecular formula is C22H24Hg2O5. The third-order valence-corrected chi connectivity index (χ3v) is 12.3. The Bertz CT molecular complexity index is 704. The Morgan fingerprint density at radius 3 is 1.31 bits per heavy atom. The summed E-state index contributed by atoms with van der Waals surface area (Å²) in [6, 6.07) is 16.6. The van der Waals surface area contributed by atoms with Gasteiger partial charge in [-0.05, 0) is 24.3 Å². The number of hydrogen-bond donors (Lipinski definition) is 2. The van der Waals surface area contributed by atoms with Crippen LogP contribution in [0.3, 0.4) is 0 Å². The maximum absolute atomic E-state index is 10.2. The molecule has 7 heteroatoms. The van der Waals surface area contributed by atoms with Gasteiger partial charge in [0.15, 0.2) is 0 Å². The Kier molecular flexibility index (Phi) is 10.8. The summed E-state index contributed by atoms with van der Waals surface area (Å²) < 4.78 is 8.11. The maximum atomic E-state index is 10.2. The molecule has 0 aromatic heterocycles. The van der Waals surface area contributed by atoms with Gasteiger partial charge in [0.2, 0.25) is 0 Å². The van der Waals surface area contributed by atoms with Gasteiger partial charge in [0.05, 0.1) is 11.1 Å². The van der Waals surface area contributed by atoms with Gasteiger partial charge >= 0.3 is 114 Å². The third-order valence-electron chi connectivity index (χ3n) is 5.09. The molecule has 4 unspecified atom stereocenters. The number of hydrogen-bond acceptors (Lipinski definition) is 3. The molecule has 0 radical (unpaired) electrons.